The van der Waals surface area contributed by atoms with Crippen LogP contribution in [0.5, 0.6) is 0 Å². The topological polar surface area (TPSA) is 15.3 Å². The lowest BCUT2D eigenvalue weighted by molar-refractivity contribution is 0.306. The van der Waals surface area contributed by atoms with Gasteiger partial charge in [-0.15, -0.1) is 0 Å². The van der Waals surface area contributed by atoms with E-state index in [1.54, 1.807) is 0 Å². The highest BCUT2D eigenvalue weighted by molar-refractivity contribution is 5.55. The van der Waals surface area contributed by atoms with E-state index in [-0.39, 0.29) is 5.54 Å². The van der Waals surface area contributed by atoms with Gasteiger partial charge in [0.1, 0.15) is 0 Å². The first-order valence-corrected chi connectivity index (χ1v) is 8.38. The van der Waals surface area contributed by atoms with Crippen LogP contribution in [0, 0.1) is 0 Å². The van der Waals surface area contributed by atoms with Gasteiger partial charge >= 0.3 is 0 Å². The minimum atomic E-state index is 0.202. The average Bonchev–Trinajstić information content (AvgIpc) is 2.74. The lowest BCUT2D eigenvalue weighted by atomic mass is 9.92. The summed E-state index contributed by atoms with van der Waals surface area (Å²) < 4.78 is 0. The zero-order valence-corrected chi connectivity index (χ0v) is 13.7. The molecule has 1 N–H and O–H groups in total. The number of hydrogen-bond donors (Lipinski definition) is 1. The van der Waals surface area contributed by atoms with Crippen molar-refractivity contribution in [3.8, 4) is 0 Å². The Morgan fingerprint density at radius 3 is 2.36 bits per heavy atom. The van der Waals surface area contributed by atoms with Crippen LogP contribution in [-0.2, 0) is 13.1 Å². The summed E-state index contributed by atoms with van der Waals surface area (Å²) in [7, 11) is 0. The van der Waals surface area contributed by atoms with Gasteiger partial charge in [0.05, 0.1) is 0 Å². The van der Waals surface area contributed by atoms with Crippen LogP contribution in [0.2, 0.25) is 0 Å². The molecule has 0 aromatic heterocycles. The molecular weight excluding hydrogens is 268 g/mol. The smallest absolute Gasteiger partial charge is 0.0430 e. The zero-order valence-electron chi connectivity index (χ0n) is 13.7. The summed E-state index contributed by atoms with van der Waals surface area (Å²) in [6.07, 6.45) is 2.31. The van der Waals surface area contributed by atoms with Crippen molar-refractivity contribution in [1.82, 2.24) is 5.32 Å². The lowest BCUT2D eigenvalue weighted by Crippen LogP contribution is -2.50. The summed E-state index contributed by atoms with van der Waals surface area (Å²) in [6, 6.07) is 19.6. The Morgan fingerprint density at radius 2 is 1.64 bits per heavy atom. The van der Waals surface area contributed by atoms with Gasteiger partial charge in [-0.25, -0.2) is 0 Å². The summed E-state index contributed by atoms with van der Waals surface area (Å²) in [5.41, 5.74) is 4.36. The van der Waals surface area contributed by atoms with Crippen LogP contribution in [0.25, 0.3) is 0 Å². The molecule has 22 heavy (non-hydrogen) atoms. The summed E-state index contributed by atoms with van der Waals surface area (Å²) >= 11 is 0. The third-order valence-corrected chi connectivity index (χ3v) is 5.05. The zero-order chi connectivity index (χ0) is 15.4. The SMILES string of the molecule is CCC1(CC)CN(Cc2ccccc2)c2ccccc2CN1. The van der Waals surface area contributed by atoms with Crippen LogP contribution < -0.4 is 10.2 Å². The Kier molecular flexibility index (Phi) is 4.49. The van der Waals surface area contributed by atoms with E-state index in [2.05, 4.69) is 78.7 Å². The maximum atomic E-state index is 3.82. The van der Waals surface area contributed by atoms with E-state index in [1.165, 1.54) is 16.8 Å². The van der Waals surface area contributed by atoms with Gasteiger partial charge in [-0.1, -0.05) is 62.4 Å². The number of nitrogens with one attached hydrogen (secondary N) is 1. The molecule has 0 atom stereocenters. The van der Waals surface area contributed by atoms with E-state index in [0.29, 0.717) is 0 Å². The first-order valence-electron chi connectivity index (χ1n) is 8.38. The molecule has 0 saturated carbocycles. The van der Waals surface area contributed by atoms with Crippen LogP contribution >= 0.6 is 0 Å². The monoisotopic (exact) mass is 294 g/mol. The average molecular weight is 294 g/mol. The van der Waals surface area contributed by atoms with E-state index in [0.717, 1.165) is 32.5 Å². The molecule has 2 heteroatoms. The second kappa shape index (κ2) is 6.53. The van der Waals surface area contributed by atoms with Crippen LogP contribution in [0.1, 0.15) is 37.8 Å². The predicted octanol–water partition coefficient (Wildman–Crippen LogP) is 4.36. The van der Waals surface area contributed by atoms with E-state index in [1.807, 2.05) is 0 Å². The van der Waals surface area contributed by atoms with Crippen LogP contribution in [-0.4, -0.2) is 12.1 Å². The van der Waals surface area contributed by atoms with Gasteiger partial charge in [0.15, 0.2) is 0 Å². The second-order valence-electron chi connectivity index (χ2n) is 6.31. The summed E-state index contributed by atoms with van der Waals surface area (Å²) in [4.78, 5) is 2.55. The fourth-order valence-corrected chi connectivity index (χ4v) is 3.43. The molecule has 3 rings (SSSR count). The molecule has 0 saturated heterocycles. The molecule has 0 bridgehead atoms. The molecule has 0 unspecified atom stereocenters. The van der Waals surface area contributed by atoms with E-state index in [4.69, 9.17) is 0 Å². The van der Waals surface area contributed by atoms with Crippen LogP contribution in [0.15, 0.2) is 54.6 Å². The Hall–Kier alpha value is -1.80. The molecule has 0 radical (unpaired) electrons. The third kappa shape index (κ3) is 3.02. The Balaban J connectivity index is 1.95. The van der Waals surface area contributed by atoms with Crippen molar-refractivity contribution in [2.24, 2.45) is 0 Å². The minimum Gasteiger partial charge on any atom is -0.365 e. The molecule has 1 heterocycles. The van der Waals surface area contributed by atoms with E-state index >= 15 is 0 Å². The normalized spacial score (nSPS) is 16.9. The van der Waals surface area contributed by atoms with Crippen molar-refractivity contribution in [2.75, 3.05) is 11.4 Å². The number of anilines is 1. The van der Waals surface area contributed by atoms with Crippen molar-refractivity contribution < 1.29 is 0 Å². The molecule has 0 fully saturated rings. The fourth-order valence-electron chi connectivity index (χ4n) is 3.43. The van der Waals surface area contributed by atoms with Crippen molar-refractivity contribution in [3.05, 3.63) is 65.7 Å². The largest absolute Gasteiger partial charge is 0.365 e. The number of benzene rings is 2. The van der Waals surface area contributed by atoms with Gasteiger partial charge in [-0.3, -0.25) is 0 Å². The lowest BCUT2D eigenvalue weighted by Gasteiger charge is -2.36. The van der Waals surface area contributed by atoms with Crippen LogP contribution in [0.4, 0.5) is 5.69 Å². The van der Waals surface area contributed by atoms with Crippen LogP contribution in [0.3, 0.4) is 0 Å². The minimum absolute atomic E-state index is 0.202. The molecular formula is C20H26N2. The molecule has 2 aromatic carbocycles. The molecule has 0 aliphatic carbocycles. The fraction of sp³-hybridized carbons (Fsp3) is 0.400. The van der Waals surface area contributed by atoms with Gasteiger partial charge in [-0.05, 0) is 30.0 Å². The first kappa shape index (κ1) is 15.1. The van der Waals surface area contributed by atoms with Crippen molar-refractivity contribution in [3.63, 3.8) is 0 Å². The van der Waals surface area contributed by atoms with Crippen molar-refractivity contribution >= 4 is 5.69 Å². The number of para-hydroxylation sites is 1. The number of hydrogen-bond acceptors (Lipinski definition) is 2. The van der Waals surface area contributed by atoms with Gasteiger partial charge in [0.25, 0.3) is 0 Å². The molecule has 116 valence electrons. The molecule has 2 aromatic rings. The Morgan fingerprint density at radius 1 is 0.955 bits per heavy atom. The number of rotatable bonds is 4. The Labute approximate surface area is 134 Å². The standard InChI is InChI=1S/C20H26N2/c1-3-20(4-2)16-22(15-17-10-6-5-7-11-17)19-13-9-8-12-18(19)14-21-20/h5-13,21H,3-4,14-16H2,1-2H3. The van der Waals surface area contributed by atoms with Crippen molar-refractivity contribution in [1.29, 1.82) is 0 Å². The molecule has 0 amide bonds. The first-order chi connectivity index (χ1) is 10.8. The summed E-state index contributed by atoms with van der Waals surface area (Å²) in [6.45, 7) is 7.59. The van der Waals surface area contributed by atoms with Gasteiger partial charge in [0.2, 0.25) is 0 Å². The number of nitrogens with zero attached hydrogens (tertiary/aromatic N) is 1. The van der Waals surface area contributed by atoms with Gasteiger partial charge in [0, 0.05) is 30.9 Å². The molecule has 1 aliphatic heterocycles. The molecule has 2 nitrogen and oxygen atoms in total. The van der Waals surface area contributed by atoms with Gasteiger partial charge < -0.3 is 10.2 Å². The third-order valence-electron chi connectivity index (χ3n) is 5.05. The van der Waals surface area contributed by atoms with Crippen molar-refractivity contribution in [2.45, 2.75) is 45.3 Å². The number of fused-ring (bicyclic) bond motifs is 1. The Bertz CT molecular complexity index is 602. The highest BCUT2D eigenvalue weighted by Crippen LogP contribution is 2.30. The molecule has 1 aliphatic rings. The quantitative estimate of drug-likeness (QED) is 0.901. The highest BCUT2D eigenvalue weighted by Gasteiger charge is 2.31. The van der Waals surface area contributed by atoms with E-state index < -0.39 is 0 Å². The predicted molar refractivity (Wildman–Crippen MR) is 94.1 cm³/mol. The maximum absolute atomic E-state index is 3.82. The summed E-state index contributed by atoms with van der Waals surface area (Å²) in [5.74, 6) is 0. The maximum Gasteiger partial charge on any atom is 0.0430 e. The summed E-state index contributed by atoms with van der Waals surface area (Å²) in [5, 5.41) is 3.82. The highest BCUT2D eigenvalue weighted by atomic mass is 15.2. The van der Waals surface area contributed by atoms with E-state index in [9.17, 15) is 0 Å². The van der Waals surface area contributed by atoms with Gasteiger partial charge in [-0.2, -0.15) is 0 Å². The molecule has 0 spiro atoms. The second-order valence-corrected chi connectivity index (χ2v) is 6.31.